The molecular weight excluding hydrogens is 334 g/mol. The number of rotatable bonds is 3. The molecular formula is C18H21N5O3. The van der Waals surface area contributed by atoms with Crippen LogP contribution in [0.15, 0.2) is 37.1 Å². The molecule has 3 rings (SSSR count). The van der Waals surface area contributed by atoms with E-state index >= 15 is 0 Å². The van der Waals surface area contributed by atoms with E-state index in [1.165, 1.54) is 11.2 Å². The minimum atomic E-state index is -1.04. The molecule has 3 heterocycles. The van der Waals surface area contributed by atoms with E-state index < -0.39 is 5.60 Å². The molecule has 0 radical (unpaired) electrons. The van der Waals surface area contributed by atoms with E-state index in [0.29, 0.717) is 24.4 Å². The summed E-state index contributed by atoms with van der Waals surface area (Å²) in [6, 6.07) is 3.37. The highest BCUT2D eigenvalue weighted by Crippen LogP contribution is 2.22. The first-order valence-corrected chi connectivity index (χ1v) is 8.27. The molecule has 8 heteroatoms. The molecule has 0 unspecified atom stereocenters. The van der Waals surface area contributed by atoms with Crippen molar-refractivity contribution in [3.05, 3.63) is 42.6 Å². The van der Waals surface area contributed by atoms with Crippen molar-refractivity contribution in [2.45, 2.75) is 12.5 Å². The van der Waals surface area contributed by atoms with Gasteiger partial charge < -0.3 is 14.5 Å². The minimum absolute atomic E-state index is 0.160. The predicted octanol–water partition coefficient (Wildman–Crippen LogP) is 0.858. The molecule has 1 aliphatic heterocycles. The van der Waals surface area contributed by atoms with Gasteiger partial charge in [-0.05, 0) is 19.1 Å². The molecule has 26 heavy (non-hydrogen) atoms. The van der Waals surface area contributed by atoms with Gasteiger partial charge in [-0.15, -0.1) is 0 Å². The van der Waals surface area contributed by atoms with Crippen molar-refractivity contribution >= 4 is 11.8 Å². The van der Waals surface area contributed by atoms with E-state index in [-0.39, 0.29) is 18.4 Å². The largest absolute Gasteiger partial charge is 0.362 e. The maximum Gasteiger partial charge on any atom is 0.255 e. The fourth-order valence-electron chi connectivity index (χ4n) is 2.98. The molecule has 1 atom stereocenters. The van der Waals surface area contributed by atoms with Crippen LogP contribution in [-0.2, 0) is 9.53 Å². The van der Waals surface area contributed by atoms with Crippen LogP contribution in [0, 0.1) is 0 Å². The lowest BCUT2D eigenvalue weighted by molar-refractivity contribution is -0.162. The average Bonchev–Trinajstić information content (AvgIpc) is 2.67. The summed E-state index contributed by atoms with van der Waals surface area (Å²) in [5.41, 5.74) is 0.814. The third-order valence-electron chi connectivity index (χ3n) is 4.28. The van der Waals surface area contributed by atoms with Gasteiger partial charge in [0.15, 0.2) is 5.60 Å². The molecule has 0 saturated carbocycles. The first-order valence-electron chi connectivity index (χ1n) is 8.27. The lowest BCUT2D eigenvalue weighted by atomic mass is 10.0. The molecule has 0 aliphatic carbocycles. The van der Waals surface area contributed by atoms with Gasteiger partial charge in [0.05, 0.1) is 18.8 Å². The molecule has 2 aromatic heterocycles. The minimum Gasteiger partial charge on any atom is -0.362 e. The summed E-state index contributed by atoms with van der Waals surface area (Å²) in [7, 11) is 3.35. The number of carbonyl (C=O) groups excluding carboxylic acids is 2. The zero-order chi connectivity index (χ0) is 18.7. The summed E-state index contributed by atoms with van der Waals surface area (Å²) in [5, 5.41) is 0. The molecule has 1 aliphatic rings. The van der Waals surface area contributed by atoms with E-state index in [1.807, 2.05) is 0 Å². The van der Waals surface area contributed by atoms with Crippen LogP contribution >= 0.6 is 0 Å². The maximum atomic E-state index is 12.9. The molecule has 2 amide bonds. The van der Waals surface area contributed by atoms with Gasteiger partial charge in [-0.25, -0.2) is 9.97 Å². The molecule has 2 aromatic rings. The zero-order valence-corrected chi connectivity index (χ0v) is 15.0. The van der Waals surface area contributed by atoms with Gasteiger partial charge in [0, 0.05) is 50.4 Å². The topological polar surface area (TPSA) is 88.5 Å². The smallest absolute Gasteiger partial charge is 0.255 e. The van der Waals surface area contributed by atoms with E-state index in [2.05, 4.69) is 15.0 Å². The number of likely N-dealkylation sites (N-methyl/N-ethyl adjacent to an activating group) is 1. The Morgan fingerprint density at radius 3 is 2.69 bits per heavy atom. The monoisotopic (exact) mass is 355 g/mol. The predicted molar refractivity (Wildman–Crippen MR) is 94.2 cm³/mol. The number of amides is 2. The Bertz CT molecular complexity index is 811. The lowest BCUT2D eigenvalue weighted by Gasteiger charge is -2.40. The van der Waals surface area contributed by atoms with Crippen molar-refractivity contribution in [3.8, 4) is 11.3 Å². The molecule has 136 valence electrons. The van der Waals surface area contributed by atoms with Crippen molar-refractivity contribution in [2.24, 2.45) is 0 Å². The summed E-state index contributed by atoms with van der Waals surface area (Å²) in [6.45, 7) is 2.66. The van der Waals surface area contributed by atoms with Crippen LogP contribution in [0.2, 0.25) is 0 Å². The van der Waals surface area contributed by atoms with Gasteiger partial charge in [-0.1, -0.05) is 0 Å². The number of aromatic nitrogens is 3. The van der Waals surface area contributed by atoms with Gasteiger partial charge in [-0.3, -0.25) is 14.6 Å². The van der Waals surface area contributed by atoms with Gasteiger partial charge in [0.25, 0.3) is 11.8 Å². The van der Waals surface area contributed by atoms with Crippen LogP contribution in [0.25, 0.3) is 11.3 Å². The first-order chi connectivity index (χ1) is 12.4. The summed E-state index contributed by atoms with van der Waals surface area (Å²) < 4.78 is 5.68. The van der Waals surface area contributed by atoms with Crippen molar-refractivity contribution in [1.82, 2.24) is 24.8 Å². The zero-order valence-electron chi connectivity index (χ0n) is 15.0. The van der Waals surface area contributed by atoms with Crippen LogP contribution < -0.4 is 0 Å². The quantitative estimate of drug-likeness (QED) is 0.811. The Kier molecular flexibility index (Phi) is 4.94. The second kappa shape index (κ2) is 7.17. The van der Waals surface area contributed by atoms with Crippen molar-refractivity contribution in [1.29, 1.82) is 0 Å². The van der Waals surface area contributed by atoms with Crippen molar-refractivity contribution in [3.63, 3.8) is 0 Å². The molecule has 1 fully saturated rings. The van der Waals surface area contributed by atoms with Crippen LogP contribution in [0.1, 0.15) is 17.3 Å². The number of morpholine rings is 1. The van der Waals surface area contributed by atoms with E-state index in [9.17, 15) is 9.59 Å². The molecule has 0 N–H and O–H groups in total. The first kappa shape index (κ1) is 17.9. The molecule has 0 spiro atoms. The summed E-state index contributed by atoms with van der Waals surface area (Å²) in [4.78, 5) is 40.7. The van der Waals surface area contributed by atoms with Crippen molar-refractivity contribution < 1.29 is 14.3 Å². The molecule has 0 bridgehead atoms. The Morgan fingerprint density at radius 2 is 2.00 bits per heavy atom. The molecule has 0 aromatic carbocycles. The Hall–Kier alpha value is -2.87. The van der Waals surface area contributed by atoms with E-state index in [4.69, 9.17) is 4.74 Å². The Labute approximate surface area is 151 Å². The van der Waals surface area contributed by atoms with Gasteiger partial charge in [-0.2, -0.15) is 0 Å². The fraction of sp³-hybridized carbons (Fsp3) is 0.389. The van der Waals surface area contributed by atoms with E-state index in [1.54, 1.807) is 56.6 Å². The number of nitrogens with zero attached hydrogens (tertiary/aromatic N) is 5. The van der Waals surface area contributed by atoms with Crippen LogP contribution in [0.4, 0.5) is 0 Å². The van der Waals surface area contributed by atoms with Gasteiger partial charge in [0.2, 0.25) is 0 Å². The molecule has 1 saturated heterocycles. The van der Waals surface area contributed by atoms with E-state index in [0.717, 1.165) is 5.56 Å². The normalized spacial score (nSPS) is 19.9. The number of ether oxygens (including phenoxy) is 1. The van der Waals surface area contributed by atoms with Crippen molar-refractivity contribution in [2.75, 3.05) is 33.8 Å². The SMILES string of the molecule is CN(C)C(=O)[C@]1(C)CN(C(=O)c2ccnc(-c3cncnc3)c2)CCO1. The molecule has 8 nitrogen and oxygen atoms in total. The average molecular weight is 355 g/mol. The maximum absolute atomic E-state index is 12.9. The highest BCUT2D eigenvalue weighted by atomic mass is 16.5. The highest BCUT2D eigenvalue weighted by Gasteiger charge is 2.41. The second-order valence-corrected chi connectivity index (χ2v) is 6.56. The summed E-state index contributed by atoms with van der Waals surface area (Å²) >= 11 is 0. The number of hydrogen-bond acceptors (Lipinski definition) is 6. The van der Waals surface area contributed by atoms with Crippen LogP contribution in [0.5, 0.6) is 0 Å². The van der Waals surface area contributed by atoms with Crippen LogP contribution in [-0.4, -0.2) is 76.0 Å². The third kappa shape index (κ3) is 3.55. The fourth-order valence-corrected chi connectivity index (χ4v) is 2.98. The Morgan fingerprint density at radius 1 is 1.27 bits per heavy atom. The second-order valence-electron chi connectivity index (χ2n) is 6.56. The van der Waals surface area contributed by atoms with Gasteiger partial charge >= 0.3 is 0 Å². The van der Waals surface area contributed by atoms with Gasteiger partial charge in [0.1, 0.15) is 6.33 Å². The number of carbonyl (C=O) groups is 2. The number of hydrogen-bond donors (Lipinski definition) is 0. The summed E-state index contributed by atoms with van der Waals surface area (Å²) in [5.74, 6) is -0.321. The lowest BCUT2D eigenvalue weighted by Crippen LogP contribution is -2.59. The van der Waals surface area contributed by atoms with Crippen LogP contribution in [0.3, 0.4) is 0 Å². The number of pyridine rings is 1. The highest BCUT2D eigenvalue weighted by molar-refractivity contribution is 5.96. The summed E-state index contributed by atoms with van der Waals surface area (Å²) in [6.07, 6.45) is 6.31. The third-order valence-corrected chi connectivity index (χ3v) is 4.28. The Balaban J connectivity index is 1.82. The standard InChI is InChI=1S/C18H21N5O3/c1-18(17(25)22(2)3)11-23(6-7-26-18)16(24)13-4-5-21-15(8-13)14-9-19-12-20-10-14/h4-5,8-10,12H,6-7,11H2,1-3H3/t18-/m0/s1.